The summed E-state index contributed by atoms with van der Waals surface area (Å²) >= 11 is 12.0. The predicted octanol–water partition coefficient (Wildman–Crippen LogP) is 4.03. The van der Waals surface area contributed by atoms with Gasteiger partial charge in [-0.05, 0) is 38.7 Å². The summed E-state index contributed by atoms with van der Waals surface area (Å²) in [6.07, 6.45) is 1.29. The first-order valence-electron chi connectivity index (χ1n) is 6.35. The van der Waals surface area contributed by atoms with Gasteiger partial charge in [-0.15, -0.1) is 0 Å². The highest BCUT2D eigenvalue weighted by molar-refractivity contribution is 6.42. The van der Waals surface area contributed by atoms with E-state index in [1.165, 1.54) is 0 Å². The van der Waals surface area contributed by atoms with Crippen molar-refractivity contribution in [1.29, 1.82) is 0 Å². The summed E-state index contributed by atoms with van der Waals surface area (Å²) in [6, 6.07) is 5.29. The maximum absolute atomic E-state index is 12.2. The fraction of sp³-hybridized carbons (Fsp3) is 0.500. The molecule has 1 atom stereocenters. The number of halogens is 2. The zero-order valence-corrected chi connectivity index (χ0v) is 13.3. The van der Waals surface area contributed by atoms with Crippen LogP contribution in [0.4, 0.5) is 5.69 Å². The Bertz CT molecular complexity index is 449. The molecule has 1 aromatic carbocycles. The molecule has 0 heterocycles. The Hall–Kier alpha value is -0.770. The molecule has 0 saturated carbocycles. The Morgan fingerprint density at radius 2 is 1.84 bits per heavy atom. The van der Waals surface area contributed by atoms with Crippen LogP contribution in [0.15, 0.2) is 18.2 Å². The van der Waals surface area contributed by atoms with E-state index < -0.39 is 0 Å². The van der Waals surface area contributed by atoms with Crippen LogP contribution in [0.25, 0.3) is 0 Å². The number of anilines is 1. The maximum Gasteiger partial charge on any atom is 0.228 e. The fourth-order valence-corrected chi connectivity index (χ4v) is 2.36. The molecule has 1 amide bonds. The molecule has 0 N–H and O–H groups in total. The van der Waals surface area contributed by atoms with Crippen LogP contribution in [0.1, 0.15) is 26.7 Å². The molecule has 0 radical (unpaired) electrons. The summed E-state index contributed by atoms with van der Waals surface area (Å²) in [7, 11) is 3.92. The molecule has 5 heteroatoms. The molecule has 1 unspecified atom stereocenters. The first-order chi connectivity index (χ1) is 8.92. The topological polar surface area (TPSA) is 23.6 Å². The number of hydrogen-bond donors (Lipinski definition) is 0. The summed E-state index contributed by atoms with van der Waals surface area (Å²) < 4.78 is 0. The van der Waals surface area contributed by atoms with E-state index in [2.05, 4.69) is 6.92 Å². The molecule has 19 heavy (non-hydrogen) atoms. The van der Waals surface area contributed by atoms with Crippen LogP contribution in [-0.4, -0.2) is 31.1 Å². The minimum Gasteiger partial charge on any atom is -0.296 e. The second-order valence-electron chi connectivity index (χ2n) is 4.57. The van der Waals surface area contributed by atoms with Crippen molar-refractivity contribution in [2.75, 3.05) is 19.0 Å². The second kappa shape index (κ2) is 7.13. The summed E-state index contributed by atoms with van der Waals surface area (Å²) in [5, 5.41) is 0.953. The van der Waals surface area contributed by atoms with Crippen molar-refractivity contribution in [3.63, 3.8) is 0 Å². The van der Waals surface area contributed by atoms with Gasteiger partial charge in [-0.1, -0.05) is 37.0 Å². The molecule has 1 rings (SSSR count). The summed E-state index contributed by atoms with van der Waals surface area (Å²) in [5.74, 6) is 0.0685. The van der Waals surface area contributed by atoms with Gasteiger partial charge in [-0.25, -0.2) is 0 Å². The summed E-state index contributed by atoms with van der Waals surface area (Å²) in [5.41, 5.74) is 0.779. The number of nitrogens with zero attached hydrogens (tertiary/aromatic N) is 2. The molecule has 0 aliphatic heterocycles. The number of amides is 1. The van der Waals surface area contributed by atoms with Crippen molar-refractivity contribution in [2.24, 2.45) is 0 Å². The molecule has 3 nitrogen and oxygen atoms in total. The Morgan fingerprint density at radius 3 is 2.26 bits per heavy atom. The number of rotatable bonds is 5. The van der Waals surface area contributed by atoms with Crippen LogP contribution in [0.2, 0.25) is 10.0 Å². The first kappa shape index (κ1) is 16.3. The van der Waals surface area contributed by atoms with Crippen LogP contribution < -0.4 is 4.90 Å². The third-order valence-electron chi connectivity index (χ3n) is 3.01. The zero-order chi connectivity index (χ0) is 14.6. The molecule has 0 saturated heterocycles. The van der Waals surface area contributed by atoms with Gasteiger partial charge in [0, 0.05) is 12.1 Å². The van der Waals surface area contributed by atoms with Crippen molar-refractivity contribution >= 4 is 34.8 Å². The monoisotopic (exact) mass is 302 g/mol. The molecule has 0 spiro atoms. The molecular formula is C14H20Cl2N2O. The van der Waals surface area contributed by atoms with E-state index in [0.717, 1.165) is 12.1 Å². The first-order valence-corrected chi connectivity index (χ1v) is 7.11. The van der Waals surface area contributed by atoms with E-state index in [4.69, 9.17) is 23.2 Å². The predicted molar refractivity (Wildman–Crippen MR) is 82.0 cm³/mol. The standard InChI is InChI=1S/C14H20Cl2N2O/c1-5-13(17(3)4)18(14(19)6-2)10-7-8-11(15)12(16)9-10/h7-9,13H,5-6H2,1-4H3. The Morgan fingerprint density at radius 1 is 1.21 bits per heavy atom. The highest BCUT2D eigenvalue weighted by Crippen LogP contribution is 2.29. The van der Waals surface area contributed by atoms with Gasteiger partial charge in [-0.2, -0.15) is 0 Å². The molecular weight excluding hydrogens is 283 g/mol. The van der Waals surface area contributed by atoms with Crippen molar-refractivity contribution in [1.82, 2.24) is 4.90 Å². The van der Waals surface area contributed by atoms with Crippen LogP contribution >= 0.6 is 23.2 Å². The fourth-order valence-electron chi connectivity index (χ4n) is 2.07. The van der Waals surface area contributed by atoms with Gasteiger partial charge in [0.15, 0.2) is 0 Å². The molecule has 1 aromatic rings. The lowest BCUT2D eigenvalue weighted by Gasteiger charge is -2.35. The van der Waals surface area contributed by atoms with E-state index in [9.17, 15) is 4.79 Å². The van der Waals surface area contributed by atoms with E-state index >= 15 is 0 Å². The van der Waals surface area contributed by atoms with Crippen LogP contribution in [0.3, 0.4) is 0 Å². The molecule has 0 aliphatic carbocycles. The van der Waals surface area contributed by atoms with Gasteiger partial charge >= 0.3 is 0 Å². The van der Waals surface area contributed by atoms with Gasteiger partial charge in [0.05, 0.1) is 16.2 Å². The molecule has 0 bridgehead atoms. The van der Waals surface area contributed by atoms with E-state index in [-0.39, 0.29) is 12.1 Å². The minimum absolute atomic E-state index is 0.00434. The van der Waals surface area contributed by atoms with Crippen molar-refractivity contribution in [2.45, 2.75) is 32.9 Å². The van der Waals surface area contributed by atoms with Gasteiger partial charge < -0.3 is 0 Å². The van der Waals surface area contributed by atoms with Crippen LogP contribution in [0, 0.1) is 0 Å². The average Bonchev–Trinajstić information content (AvgIpc) is 2.38. The van der Waals surface area contributed by atoms with E-state index in [0.29, 0.717) is 16.5 Å². The SMILES string of the molecule is CCC(=O)N(c1ccc(Cl)c(Cl)c1)C(CC)N(C)C. The normalized spacial score (nSPS) is 12.6. The van der Waals surface area contributed by atoms with E-state index in [1.54, 1.807) is 17.0 Å². The van der Waals surface area contributed by atoms with Crippen molar-refractivity contribution < 1.29 is 4.79 Å². The van der Waals surface area contributed by atoms with Crippen LogP contribution in [-0.2, 0) is 4.79 Å². The summed E-state index contributed by atoms with van der Waals surface area (Å²) in [6.45, 7) is 3.91. The van der Waals surface area contributed by atoms with Crippen molar-refractivity contribution in [3.05, 3.63) is 28.2 Å². The second-order valence-corrected chi connectivity index (χ2v) is 5.38. The lowest BCUT2D eigenvalue weighted by atomic mass is 10.2. The lowest BCUT2D eigenvalue weighted by molar-refractivity contribution is -0.119. The smallest absolute Gasteiger partial charge is 0.228 e. The van der Waals surface area contributed by atoms with Gasteiger partial charge in [-0.3, -0.25) is 14.6 Å². The van der Waals surface area contributed by atoms with Gasteiger partial charge in [0.2, 0.25) is 5.91 Å². The molecule has 0 aromatic heterocycles. The maximum atomic E-state index is 12.2. The molecule has 0 fully saturated rings. The quantitative estimate of drug-likeness (QED) is 0.767. The Kier molecular flexibility index (Phi) is 6.11. The van der Waals surface area contributed by atoms with Crippen molar-refractivity contribution in [3.8, 4) is 0 Å². The van der Waals surface area contributed by atoms with E-state index in [1.807, 2.05) is 32.0 Å². The Labute approximate surface area is 125 Å². The third-order valence-corrected chi connectivity index (χ3v) is 3.75. The third kappa shape index (κ3) is 3.85. The Balaban J connectivity index is 3.22. The number of hydrogen-bond acceptors (Lipinski definition) is 2. The highest BCUT2D eigenvalue weighted by atomic mass is 35.5. The lowest BCUT2D eigenvalue weighted by Crippen LogP contribution is -2.48. The number of carbonyl (C=O) groups is 1. The van der Waals surface area contributed by atoms with Gasteiger partial charge in [0.1, 0.15) is 0 Å². The van der Waals surface area contributed by atoms with Gasteiger partial charge in [0.25, 0.3) is 0 Å². The number of benzene rings is 1. The number of carbonyl (C=O) groups excluding carboxylic acids is 1. The molecule has 0 aliphatic rings. The highest BCUT2D eigenvalue weighted by Gasteiger charge is 2.24. The largest absolute Gasteiger partial charge is 0.296 e. The average molecular weight is 303 g/mol. The minimum atomic E-state index is 0.00434. The summed E-state index contributed by atoms with van der Waals surface area (Å²) in [4.78, 5) is 16.0. The molecule has 106 valence electrons. The van der Waals surface area contributed by atoms with Crippen LogP contribution in [0.5, 0.6) is 0 Å². The zero-order valence-electron chi connectivity index (χ0n) is 11.8.